The predicted molar refractivity (Wildman–Crippen MR) is 72.2 cm³/mol. The topological polar surface area (TPSA) is 32.3 Å². The fourth-order valence-corrected chi connectivity index (χ4v) is 5.70. The molecule has 0 radical (unpaired) electrons. The van der Waals surface area contributed by atoms with Gasteiger partial charge in [0.15, 0.2) is 0 Å². The highest BCUT2D eigenvalue weighted by atomic mass is 16.3. The zero-order valence-electron chi connectivity index (χ0n) is 11.6. The van der Waals surface area contributed by atoms with Crippen molar-refractivity contribution in [3.05, 3.63) is 0 Å². The first kappa shape index (κ1) is 11.7. The van der Waals surface area contributed by atoms with E-state index in [0.29, 0.717) is 12.0 Å². The van der Waals surface area contributed by atoms with Crippen molar-refractivity contribution < 1.29 is 5.11 Å². The summed E-state index contributed by atoms with van der Waals surface area (Å²) in [5.74, 6) is 4.26. The summed E-state index contributed by atoms with van der Waals surface area (Å²) >= 11 is 0. The van der Waals surface area contributed by atoms with Crippen molar-refractivity contribution >= 4 is 0 Å². The molecule has 0 heterocycles. The van der Waals surface area contributed by atoms with E-state index in [1.54, 1.807) is 0 Å². The molecule has 5 aliphatic rings. The summed E-state index contributed by atoms with van der Waals surface area (Å²) in [6.45, 7) is 2.93. The molecule has 5 saturated carbocycles. The van der Waals surface area contributed by atoms with Crippen LogP contribution in [0.4, 0.5) is 0 Å². The molecule has 0 aliphatic heterocycles. The Morgan fingerprint density at radius 1 is 1.00 bits per heavy atom. The number of hydrogen-bond acceptors (Lipinski definition) is 2. The van der Waals surface area contributed by atoms with Crippen molar-refractivity contribution in [1.29, 1.82) is 0 Å². The summed E-state index contributed by atoms with van der Waals surface area (Å²) < 4.78 is 0. The van der Waals surface area contributed by atoms with Gasteiger partial charge in [0.05, 0.1) is 5.60 Å². The number of rotatable bonds is 4. The van der Waals surface area contributed by atoms with Crippen LogP contribution in [-0.4, -0.2) is 23.3 Å². The van der Waals surface area contributed by atoms with Crippen molar-refractivity contribution in [3.8, 4) is 0 Å². The predicted octanol–water partition coefficient (Wildman–Crippen LogP) is 2.56. The standard InChI is InChI=1S/C16H27NO/c1-16(18,9-17-14-2-3-14)15-12-5-10-4-11(7-12)8-13(15)6-10/h10-15,17-18H,2-9H2,1H3. The lowest BCUT2D eigenvalue weighted by Crippen LogP contribution is -2.57. The van der Waals surface area contributed by atoms with Crippen LogP contribution in [0.1, 0.15) is 51.9 Å². The maximum Gasteiger partial charge on any atom is 0.0776 e. The molecule has 1 unspecified atom stereocenters. The number of hydrogen-bond donors (Lipinski definition) is 2. The molecule has 2 heteroatoms. The molecule has 0 aromatic heterocycles. The Labute approximate surface area is 111 Å². The largest absolute Gasteiger partial charge is 0.389 e. The van der Waals surface area contributed by atoms with Crippen LogP contribution in [0.3, 0.4) is 0 Å². The summed E-state index contributed by atoms with van der Waals surface area (Å²) in [6.07, 6.45) is 9.79. The zero-order chi connectivity index (χ0) is 12.3. The van der Waals surface area contributed by atoms with Gasteiger partial charge >= 0.3 is 0 Å². The Kier molecular flexibility index (Phi) is 2.58. The Morgan fingerprint density at radius 3 is 2.06 bits per heavy atom. The van der Waals surface area contributed by atoms with Gasteiger partial charge in [0, 0.05) is 12.6 Å². The molecule has 102 valence electrons. The van der Waals surface area contributed by atoms with Crippen molar-refractivity contribution in [1.82, 2.24) is 5.32 Å². The van der Waals surface area contributed by atoms with E-state index in [1.807, 2.05) is 0 Å². The van der Waals surface area contributed by atoms with Crippen molar-refractivity contribution in [3.63, 3.8) is 0 Å². The second-order valence-corrected chi connectivity index (χ2v) is 7.97. The SMILES string of the molecule is CC(O)(CNC1CC1)C1C2CC3CC(C2)CC1C3. The molecule has 2 N–H and O–H groups in total. The van der Waals surface area contributed by atoms with Crippen molar-refractivity contribution in [2.45, 2.75) is 63.5 Å². The smallest absolute Gasteiger partial charge is 0.0776 e. The van der Waals surface area contributed by atoms with E-state index in [2.05, 4.69) is 12.2 Å². The Balaban J connectivity index is 1.49. The zero-order valence-corrected chi connectivity index (χ0v) is 11.6. The van der Waals surface area contributed by atoms with Gasteiger partial charge in [-0.3, -0.25) is 0 Å². The van der Waals surface area contributed by atoms with Gasteiger partial charge in [0.25, 0.3) is 0 Å². The highest BCUT2D eigenvalue weighted by molar-refractivity contribution is 5.04. The summed E-state index contributed by atoms with van der Waals surface area (Å²) in [6, 6.07) is 0.716. The number of aliphatic hydroxyl groups is 1. The van der Waals surface area contributed by atoms with Gasteiger partial charge in [-0.15, -0.1) is 0 Å². The summed E-state index contributed by atoms with van der Waals surface area (Å²) in [4.78, 5) is 0. The van der Waals surface area contributed by atoms with Crippen LogP contribution in [0.5, 0.6) is 0 Å². The number of nitrogens with one attached hydrogen (secondary N) is 1. The molecule has 0 saturated heterocycles. The summed E-state index contributed by atoms with van der Waals surface area (Å²) in [7, 11) is 0. The average Bonchev–Trinajstić information content (AvgIpc) is 3.08. The monoisotopic (exact) mass is 249 g/mol. The molecule has 5 fully saturated rings. The fourth-order valence-electron chi connectivity index (χ4n) is 5.70. The molecule has 5 rings (SSSR count). The first-order valence-electron chi connectivity index (χ1n) is 8.07. The van der Waals surface area contributed by atoms with Crippen LogP contribution in [0.15, 0.2) is 0 Å². The molecule has 0 aromatic rings. The molecule has 18 heavy (non-hydrogen) atoms. The maximum absolute atomic E-state index is 11.0. The van der Waals surface area contributed by atoms with Gasteiger partial charge in [0.2, 0.25) is 0 Å². The third kappa shape index (κ3) is 1.92. The molecule has 0 spiro atoms. The molecule has 5 aliphatic carbocycles. The van der Waals surface area contributed by atoms with Crippen molar-refractivity contribution in [2.24, 2.45) is 29.6 Å². The van der Waals surface area contributed by atoms with Gasteiger partial charge in [-0.1, -0.05) is 0 Å². The van der Waals surface area contributed by atoms with Crippen LogP contribution < -0.4 is 5.32 Å². The first-order chi connectivity index (χ1) is 8.62. The van der Waals surface area contributed by atoms with Crippen LogP contribution in [0.2, 0.25) is 0 Å². The van der Waals surface area contributed by atoms with E-state index < -0.39 is 5.60 Å². The summed E-state index contributed by atoms with van der Waals surface area (Å²) in [5, 5.41) is 14.5. The normalized spacial score (nSPS) is 49.3. The lowest BCUT2D eigenvalue weighted by Gasteiger charge is -2.58. The first-order valence-corrected chi connectivity index (χ1v) is 8.07. The van der Waals surface area contributed by atoms with Gasteiger partial charge in [-0.2, -0.15) is 0 Å². The molecule has 1 atom stereocenters. The highest BCUT2D eigenvalue weighted by Crippen LogP contribution is 2.58. The van der Waals surface area contributed by atoms with E-state index in [9.17, 15) is 5.11 Å². The van der Waals surface area contributed by atoms with Gasteiger partial charge in [-0.25, -0.2) is 0 Å². The molecular weight excluding hydrogens is 222 g/mol. The molecule has 2 nitrogen and oxygen atoms in total. The molecular formula is C16H27NO. The molecule has 0 aromatic carbocycles. The molecule has 0 amide bonds. The highest BCUT2D eigenvalue weighted by Gasteiger charge is 2.53. The van der Waals surface area contributed by atoms with E-state index in [0.717, 1.165) is 30.2 Å². The average molecular weight is 249 g/mol. The van der Waals surface area contributed by atoms with Gasteiger partial charge in [-0.05, 0) is 81.5 Å². The lowest BCUT2D eigenvalue weighted by atomic mass is 9.49. The van der Waals surface area contributed by atoms with E-state index >= 15 is 0 Å². The Bertz CT molecular complexity index is 306. The Morgan fingerprint density at radius 2 is 1.56 bits per heavy atom. The van der Waals surface area contributed by atoms with Crippen LogP contribution in [0, 0.1) is 29.6 Å². The van der Waals surface area contributed by atoms with E-state index in [4.69, 9.17) is 0 Å². The minimum absolute atomic E-state index is 0.467. The fraction of sp³-hybridized carbons (Fsp3) is 1.00. The molecule has 4 bridgehead atoms. The third-order valence-corrected chi connectivity index (χ3v) is 6.27. The van der Waals surface area contributed by atoms with Gasteiger partial charge in [0.1, 0.15) is 0 Å². The second-order valence-electron chi connectivity index (χ2n) is 7.97. The van der Waals surface area contributed by atoms with Crippen LogP contribution in [0.25, 0.3) is 0 Å². The van der Waals surface area contributed by atoms with Crippen molar-refractivity contribution in [2.75, 3.05) is 6.54 Å². The quantitative estimate of drug-likeness (QED) is 0.802. The Hall–Kier alpha value is -0.0800. The lowest BCUT2D eigenvalue weighted by molar-refractivity contribution is -0.133. The van der Waals surface area contributed by atoms with E-state index in [-0.39, 0.29) is 0 Å². The summed E-state index contributed by atoms with van der Waals surface area (Å²) in [5.41, 5.74) is -0.467. The van der Waals surface area contributed by atoms with Crippen LogP contribution in [-0.2, 0) is 0 Å². The minimum atomic E-state index is -0.467. The third-order valence-electron chi connectivity index (χ3n) is 6.27. The minimum Gasteiger partial charge on any atom is -0.389 e. The van der Waals surface area contributed by atoms with Crippen LogP contribution >= 0.6 is 0 Å². The van der Waals surface area contributed by atoms with Gasteiger partial charge < -0.3 is 10.4 Å². The second kappa shape index (κ2) is 3.96. The maximum atomic E-state index is 11.0. The van der Waals surface area contributed by atoms with E-state index in [1.165, 1.54) is 44.9 Å².